The summed E-state index contributed by atoms with van der Waals surface area (Å²) in [5.41, 5.74) is 12.8. The zero-order chi connectivity index (χ0) is 12.9. The number of rotatable bonds is 6. The van der Waals surface area contributed by atoms with E-state index < -0.39 is 0 Å². The number of hydrogen-bond donors (Lipinski definition) is 2. The van der Waals surface area contributed by atoms with Gasteiger partial charge >= 0.3 is 0 Å². The lowest BCUT2D eigenvalue weighted by Gasteiger charge is -2.17. The normalized spacial score (nSPS) is 19.8. The molecule has 0 aliphatic heterocycles. The van der Waals surface area contributed by atoms with Gasteiger partial charge in [-0.15, -0.1) is 7.17 Å². The van der Waals surface area contributed by atoms with Crippen LogP contribution in [-0.4, -0.2) is 49.0 Å². The summed E-state index contributed by atoms with van der Waals surface area (Å²) in [6.45, 7) is 8.64. The van der Waals surface area contributed by atoms with Crippen molar-refractivity contribution in [3.8, 4) is 0 Å². The zero-order valence-electron chi connectivity index (χ0n) is 11.1. The van der Waals surface area contributed by atoms with E-state index in [4.69, 9.17) is 11.5 Å². The molecule has 0 aromatic carbocycles. The molecule has 0 heterocycles. The van der Waals surface area contributed by atoms with Crippen molar-refractivity contribution in [1.29, 1.82) is 0 Å². The van der Waals surface area contributed by atoms with Gasteiger partial charge in [0.1, 0.15) is 5.66 Å². The van der Waals surface area contributed by atoms with E-state index in [1.165, 1.54) is 5.29 Å². The molecule has 5 unspecified atom stereocenters. The maximum absolute atomic E-state index is 6.14. The fourth-order valence-electron chi connectivity index (χ4n) is 1.43. The topological polar surface area (TPSA) is 52.0 Å². The fraction of sp³-hybridized carbons (Fsp3) is 0.750. The lowest BCUT2D eigenvalue weighted by atomic mass is 10.0. The van der Waals surface area contributed by atoms with Crippen LogP contribution in [0.1, 0.15) is 26.7 Å². The highest BCUT2D eigenvalue weighted by molar-refractivity contribution is 7.56. The van der Waals surface area contributed by atoms with Crippen LogP contribution >= 0.6 is 14.7 Å². The third kappa shape index (κ3) is 5.46. The second kappa shape index (κ2) is 7.45. The first-order chi connectivity index (χ1) is 7.27. The van der Waals surface area contributed by atoms with Gasteiger partial charge < -0.3 is 11.5 Å². The predicted octanol–water partition coefficient (Wildman–Crippen LogP) is 2.09. The molecule has 0 bridgehead atoms. The molecule has 0 aromatic rings. The van der Waals surface area contributed by atoms with Gasteiger partial charge in [-0.2, -0.15) is 0 Å². The minimum absolute atomic E-state index is 0.166. The van der Waals surface area contributed by atoms with E-state index in [1.54, 1.807) is 0 Å². The van der Waals surface area contributed by atoms with Gasteiger partial charge in [0.05, 0.1) is 20.5 Å². The van der Waals surface area contributed by atoms with E-state index in [9.17, 15) is 0 Å². The first-order valence-corrected chi connectivity index (χ1v) is 9.71. The lowest BCUT2D eigenvalue weighted by Crippen LogP contribution is -2.35. The Labute approximate surface area is 102 Å². The van der Waals surface area contributed by atoms with Crippen LogP contribution in [0.2, 0.25) is 0 Å². The van der Waals surface area contributed by atoms with E-state index in [0.29, 0.717) is 5.66 Å². The molecule has 4 heteroatoms. The molecule has 0 radical (unpaired) electrons. The third-order valence-corrected chi connectivity index (χ3v) is 6.57. The van der Waals surface area contributed by atoms with Gasteiger partial charge in [-0.05, 0) is 38.6 Å². The van der Waals surface area contributed by atoms with E-state index in [-0.39, 0.29) is 26.8 Å². The van der Waals surface area contributed by atoms with Crippen LogP contribution in [0.5, 0.6) is 0 Å². The van der Waals surface area contributed by atoms with Crippen molar-refractivity contribution in [3.05, 3.63) is 0 Å². The first kappa shape index (κ1) is 16.1. The van der Waals surface area contributed by atoms with E-state index in [2.05, 4.69) is 39.8 Å². The molecule has 0 aromatic heterocycles. The van der Waals surface area contributed by atoms with Crippen molar-refractivity contribution in [3.63, 3.8) is 0 Å². The second-order valence-electron chi connectivity index (χ2n) is 4.68. The standard InChI is InChI=1S/C12H27N2P2/c1-9(15(3)4)11(13)7-8-12(14)10(2)16(5)6/h9,11-12H,3,5,7-8,13-14H2,1-2,4,6H3/q+1. The summed E-state index contributed by atoms with van der Waals surface area (Å²) < 4.78 is 0. The van der Waals surface area contributed by atoms with Gasteiger partial charge in [-0.1, -0.05) is 6.30 Å². The van der Waals surface area contributed by atoms with Gasteiger partial charge in [0, 0.05) is 12.1 Å². The maximum atomic E-state index is 6.14. The third-order valence-electron chi connectivity index (χ3n) is 3.26. The number of nitrogens with two attached hydrogens (primary N) is 2. The summed E-state index contributed by atoms with van der Waals surface area (Å²) >= 11 is 0. The highest BCUT2D eigenvalue weighted by atomic mass is 31.1. The Bertz CT molecular complexity index is 317. The van der Waals surface area contributed by atoms with Crippen LogP contribution in [0.15, 0.2) is 0 Å². The van der Waals surface area contributed by atoms with Gasteiger partial charge in [0.25, 0.3) is 0 Å². The summed E-state index contributed by atoms with van der Waals surface area (Å²) in [5.74, 6) is 0. The minimum Gasteiger partial charge on any atom is -0.324 e. The molecule has 0 saturated heterocycles. The lowest BCUT2D eigenvalue weighted by molar-refractivity contribution is 0.561. The molecule has 0 spiro atoms. The smallest absolute Gasteiger partial charge is 0.128 e. The summed E-state index contributed by atoms with van der Waals surface area (Å²) in [6, 6.07) is 0.403. The Hall–Kier alpha value is 0.130. The molecule has 4 N–H and O–H groups in total. The van der Waals surface area contributed by atoms with Gasteiger partial charge in [0.2, 0.25) is 0 Å². The molecular weight excluding hydrogens is 234 g/mol. The largest absolute Gasteiger partial charge is 0.324 e. The van der Waals surface area contributed by atoms with Crippen molar-refractivity contribution in [1.82, 2.24) is 0 Å². The summed E-state index contributed by atoms with van der Waals surface area (Å²) in [7, 11) is -0.458. The molecule has 16 heavy (non-hydrogen) atoms. The Morgan fingerprint density at radius 1 is 1.38 bits per heavy atom. The molecule has 5 atom stereocenters. The van der Waals surface area contributed by atoms with Crippen LogP contribution in [0.3, 0.4) is 0 Å². The summed E-state index contributed by atoms with van der Waals surface area (Å²) in [5, 5.41) is 1.34. The van der Waals surface area contributed by atoms with Crippen molar-refractivity contribution >= 4 is 32.6 Å². The molecule has 0 fully saturated rings. The summed E-state index contributed by atoms with van der Waals surface area (Å²) in [4.78, 5) is 0. The molecule has 0 rings (SSSR count). The Morgan fingerprint density at radius 3 is 2.25 bits per heavy atom. The summed E-state index contributed by atoms with van der Waals surface area (Å²) in [6.07, 6.45) is 10.1. The highest BCUT2D eigenvalue weighted by Gasteiger charge is 2.21. The van der Waals surface area contributed by atoms with Crippen molar-refractivity contribution in [2.75, 3.05) is 13.3 Å². The highest BCUT2D eigenvalue weighted by Crippen LogP contribution is 2.25. The Morgan fingerprint density at radius 2 is 1.88 bits per heavy atom. The molecule has 0 aliphatic rings. The van der Waals surface area contributed by atoms with Crippen molar-refractivity contribution in [2.45, 2.75) is 44.4 Å². The number of hydrogen-bond acceptors (Lipinski definition) is 2. The van der Waals surface area contributed by atoms with Crippen LogP contribution in [0.25, 0.3) is 0 Å². The maximum Gasteiger partial charge on any atom is 0.128 e. The zero-order valence-corrected chi connectivity index (χ0v) is 12.9. The second-order valence-corrected chi connectivity index (χ2v) is 9.11. The van der Waals surface area contributed by atoms with Gasteiger partial charge in [-0.3, -0.25) is 0 Å². The van der Waals surface area contributed by atoms with E-state index in [1.807, 2.05) is 0 Å². The fourth-order valence-corrected chi connectivity index (χ4v) is 2.93. The Kier molecular flexibility index (Phi) is 7.52. The Balaban J connectivity index is 4.22. The minimum atomic E-state index is -0.267. The molecule has 0 aliphatic carbocycles. The SMILES string of the molecule is C=P(C)=C(C)C(N)CCC(N)C(C)[P+](=C)C. The van der Waals surface area contributed by atoms with Gasteiger partial charge in [0.15, 0.2) is 0 Å². The molecular formula is C12H27N2P2+. The average Bonchev–Trinajstić information content (AvgIpc) is 2.22. The molecule has 94 valence electrons. The quantitative estimate of drug-likeness (QED) is 0.719. The van der Waals surface area contributed by atoms with Crippen LogP contribution in [-0.2, 0) is 0 Å². The monoisotopic (exact) mass is 261 g/mol. The van der Waals surface area contributed by atoms with E-state index in [0.717, 1.165) is 12.8 Å². The molecule has 2 nitrogen and oxygen atoms in total. The van der Waals surface area contributed by atoms with Crippen LogP contribution in [0.4, 0.5) is 0 Å². The van der Waals surface area contributed by atoms with Gasteiger partial charge in [-0.25, -0.2) is 0 Å². The van der Waals surface area contributed by atoms with E-state index >= 15 is 0 Å². The van der Waals surface area contributed by atoms with Crippen LogP contribution in [0, 0.1) is 0 Å². The molecule has 0 saturated carbocycles. The first-order valence-electron chi connectivity index (χ1n) is 5.69. The predicted molar refractivity (Wildman–Crippen MR) is 85.3 cm³/mol. The van der Waals surface area contributed by atoms with Crippen LogP contribution < -0.4 is 11.5 Å². The van der Waals surface area contributed by atoms with Crippen molar-refractivity contribution in [2.24, 2.45) is 11.5 Å². The van der Waals surface area contributed by atoms with Crippen molar-refractivity contribution < 1.29 is 0 Å². The average molecular weight is 261 g/mol. The molecule has 0 amide bonds.